The van der Waals surface area contributed by atoms with Gasteiger partial charge in [0.25, 0.3) is 0 Å². The summed E-state index contributed by atoms with van der Waals surface area (Å²) in [5.41, 5.74) is 0. The number of hydrogen-bond acceptors (Lipinski definition) is 0. The van der Waals surface area contributed by atoms with Crippen molar-refractivity contribution in [3.63, 3.8) is 0 Å². The summed E-state index contributed by atoms with van der Waals surface area (Å²) in [6, 6.07) is 0. The Bertz CT molecular complexity index is 2960. The highest BCUT2D eigenvalue weighted by atomic mass is 14.9. The Morgan fingerprint density at radius 1 is 0.0899 bits per heavy atom. The van der Waals surface area contributed by atoms with Gasteiger partial charge in [0.15, 0.2) is 0 Å². The zero-order chi connectivity index (χ0) is 55.4. The molecule has 30 aliphatic rings. The van der Waals surface area contributed by atoms with Crippen molar-refractivity contribution in [3.8, 4) is 0 Å². The van der Waals surface area contributed by atoms with Crippen LogP contribution in [0.4, 0.5) is 0 Å². The molecule has 0 aliphatic heterocycles. The first-order valence-electron chi connectivity index (χ1n) is 44.2. The minimum absolute atomic E-state index is 1.17. The van der Waals surface area contributed by atoms with E-state index in [1.54, 1.807) is 199 Å². The van der Waals surface area contributed by atoms with Crippen LogP contribution in [0.1, 0.15) is 199 Å². The van der Waals surface area contributed by atoms with E-state index in [-0.39, 0.29) is 0 Å². The largest absolute Gasteiger partial charge is 0.0527 e. The lowest BCUT2D eigenvalue weighted by molar-refractivity contribution is -0.390. The van der Waals surface area contributed by atoms with Gasteiger partial charge in [-0.05, 0) is 517 Å². The normalized spacial score (nSPS) is 78.7. The average molecular weight is 1190 g/mol. The van der Waals surface area contributed by atoms with Crippen LogP contribution < -0.4 is 0 Å². The zero-order valence-electron chi connectivity index (χ0n) is 55.4. The van der Waals surface area contributed by atoms with Crippen molar-refractivity contribution in [1.29, 1.82) is 0 Å². The van der Waals surface area contributed by atoms with Gasteiger partial charge in [0.05, 0.1) is 0 Å². The molecule has 30 rings (SSSR count). The zero-order valence-corrected chi connectivity index (χ0v) is 55.4. The predicted molar refractivity (Wildman–Crippen MR) is 346 cm³/mol. The van der Waals surface area contributed by atoms with Gasteiger partial charge < -0.3 is 0 Å². The molecule has 0 aromatic rings. The van der Waals surface area contributed by atoms with Gasteiger partial charge in [-0.2, -0.15) is 0 Å². The van der Waals surface area contributed by atoms with E-state index < -0.39 is 0 Å². The monoisotopic (exact) mass is 1190 g/mol. The maximum absolute atomic E-state index is 1.79. The topological polar surface area (TPSA) is 0 Å². The fourth-order valence-corrected chi connectivity index (χ4v) is 49.9. The van der Waals surface area contributed by atoms with Gasteiger partial charge >= 0.3 is 0 Å². The maximum Gasteiger partial charge on any atom is -0.0312 e. The highest BCUT2D eigenvalue weighted by molar-refractivity contribution is 5.34. The van der Waals surface area contributed by atoms with Crippen LogP contribution in [0.2, 0.25) is 0 Å². The standard InChI is InChI=1S/C89H120/c1-3-35-31-36-4-2-6-38-42-16-18-46-50-24-26-54-56-30-28-52-48-22-20-44-40-14-12-34-10-8-32-7-9-33-11-13-39-43-19-21-47-51-27-29-55-53-25-23-49-45-17-15-41-37(5-1)57(35)80(58(36)38)82-64(41)68(45)84(69(46)65(42)82)86-72(49)76(53)88(77(54)73(50)86)89-78(55)74(51)87(75(52)79(56)89)85-70(47)66(43)83(67(44)71(48)85)81-62(39)60(33)59(32)61(34)63(40)81/h32-89H,1-31H2. The Balaban J connectivity index is 0.590. The third-order valence-electron chi connectivity index (χ3n) is 47.6. The molecule has 0 spiro atoms. The number of fused-ring (bicyclic) bond motifs is 10. The van der Waals surface area contributed by atoms with Gasteiger partial charge in [-0.1, -0.05) is 25.7 Å². The molecule has 0 heterocycles. The van der Waals surface area contributed by atoms with Crippen molar-refractivity contribution in [2.24, 2.45) is 343 Å². The first-order valence-corrected chi connectivity index (χ1v) is 44.2. The Hall–Kier alpha value is 0. The van der Waals surface area contributed by atoms with Crippen LogP contribution in [0.15, 0.2) is 0 Å². The van der Waals surface area contributed by atoms with E-state index in [1.165, 1.54) is 343 Å². The van der Waals surface area contributed by atoms with Gasteiger partial charge in [-0.3, -0.25) is 0 Å². The minimum atomic E-state index is 1.17. The smallest absolute Gasteiger partial charge is 0.0312 e. The fraction of sp³-hybridized carbons (Fsp3) is 1.00. The maximum atomic E-state index is 1.79. The van der Waals surface area contributed by atoms with Gasteiger partial charge in [-0.25, -0.2) is 0 Å². The minimum Gasteiger partial charge on any atom is -0.0527 e. The molecule has 0 nitrogen and oxygen atoms in total. The van der Waals surface area contributed by atoms with Gasteiger partial charge in [0, 0.05) is 0 Å². The predicted octanol–water partition coefficient (Wildman–Crippen LogP) is 19.2. The summed E-state index contributed by atoms with van der Waals surface area (Å²) in [5.74, 6) is 70.0. The molecule has 46 atom stereocenters. The molecule has 46 unspecified atom stereocenters. The lowest BCUT2D eigenvalue weighted by atomic mass is 9.18. The van der Waals surface area contributed by atoms with E-state index in [1.807, 2.05) is 0 Å². The van der Waals surface area contributed by atoms with E-state index in [0.29, 0.717) is 0 Å². The molecule has 0 N–H and O–H groups in total. The van der Waals surface area contributed by atoms with E-state index in [2.05, 4.69) is 0 Å². The molecular weight excluding hydrogens is 1070 g/mol. The summed E-state index contributed by atoms with van der Waals surface area (Å²) in [6.45, 7) is 0. The lowest BCUT2D eigenvalue weighted by Crippen LogP contribution is -2.82. The third-order valence-corrected chi connectivity index (χ3v) is 47.6. The Morgan fingerprint density at radius 2 is 0.236 bits per heavy atom. The van der Waals surface area contributed by atoms with Gasteiger partial charge in [0.2, 0.25) is 0 Å². The second-order valence-corrected chi connectivity index (χ2v) is 45.2. The summed E-state index contributed by atoms with van der Waals surface area (Å²) < 4.78 is 0. The molecule has 0 aromatic carbocycles. The SMILES string of the molecule is C1CC2CC3CCCC4C5CCC6C7CCC8C9CCC%10C%11CCC%12C%13CCC%14CCC%15CCC%16CCC%17C%18CCC%19C%20CCC%21C%22CCC%23C%24CCC%25C(C1)C2C(C34)C1C%25C%24C(C6C51)C1C%23C%22C(C8C71)C1C%21C%20C(C%10C91)C1C%19C%18C(C%12C%111)C1C%17C%16C%15C%14C%131. The van der Waals surface area contributed by atoms with Crippen LogP contribution in [0, 0.1) is 343 Å². The van der Waals surface area contributed by atoms with Crippen molar-refractivity contribution in [1.82, 2.24) is 0 Å². The van der Waals surface area contributed by atoms with Crippen LogP contribution in [0.5, 0.6) is 0 Å². The summed E-state index contributed by atoms with van der Waals surface area (Å²) >= 11 is 0. The van der Waals surface area contributed by atoms with Gasteiger partial charge in [0.1, 0.15) is 0 Å². The van der Waals surface area contributed by atoms with E-state index in [4.69, 9.17) is 0 Å². The Labute approximate surface area is 539 Å². The van der Waals surface area contributed by atoms with Crippen LogP contribution in [0.3, 0.4) is 0 Å². The highest BCUT2D eigenvalue weighted by Crippen LogP contribution is 2.91. The second-order valence-electron chi connectivity index (χ2n) is 45.2. The molecule has 30 fully saturated rings. The molecule has 30 aliphatic carbocycles. The molecular formula is C89H120. The molecule has 89 heavy (non-hydrogen) atoms. The van der Waals surface area contributed by atoms with Crippen molar-refractivity contribution in [2.45, 2.75) is 199 Å². The first-order chi connectivity index (χ1) is 44.2. The highest BCUT2D eigenvalue weighted by Gasteiger charge is 2.86. The second kappa shape index (κ2) is 15.8. The molecule has 476 valence electrons. The van der Waals surface area contributed by atoms with E-state index in [0.717, 1.165) is 0 Å². The van der Waals surface area contributed by atoms with E-state index in [9.17, 15) is 0 Å². The van der Waals surface area contributed by atoms with Crippen molar-refractivity contribution >= 4 is 0 Å². The summed E-state index contributed by atoms with van der Waals surface area (Å²) in [6.07, 6.45) is 53.9. The Kier molecular flexibility index (Phi) is 8.81. The van der Waals surface area contributed by atoms with Crippen LogP contribution in [-0.4, -0.2) is 0 Å². The fourth-order valence-electron chi connectivity index (χ4n) is 49.9. The third kappa shape index (κ3) is 4.91. The van der Waals surface area contributed by atoms with Crippen LogP contribution in [-0.2, 0) is 0 Å². The lowest BCUT2D eigenvalue weighted by Gasteiger charge is -2.86. The first kappa shape index (κ1) is 49.5. The van der Waals surface area contributed by atoms with Crippen molar-refractivity contribution in [2.75, 3.05) is 0 Å². The van der Waals surface area contributed by atoms with E-state index >= 15 is 0 Å². The molecule has 0 saturated heterocycles. The molecule has 0 heteroatoms. The Morgan fingerprint density at radius 3 is 0.449 bits per heavy atom. The summed E-state index contributed by atoms with van der Waals surface area (Å²) in [7, 11) is 0. The molecule has 0 aromatic heterocycles. The quantitative estimate of drug-likeness (QED) is 0.227. The van der Waals surface area contributed by atoms with Crippen LogP contribution in [0.25, 0.3) is 0 Å². The molecule has 0 radical (unpaired) electrons. The van der Waals surface area contributed by atoms with Gasteiger partial charge in [-0.15, -0.1) is 0 Å². The van der Waals surface area contributed by atoms with Crippen molar-refractivity contribution < 1.29 is 0 Å². The number of rotatable bonds is 0. The molecule has 30 saturated carbocycles. The molecule has 0 bridgehead atoms. The summed E-state index contributed by atoms with van der Waals surface area (Å²) in [4.78, 5) is 0. The number of hydrogen-bond donors (Lipinski definition) is 0. The molecule has 0 amide bonds. The average Bonchev–Trinajstić information content (AvgIpc) is 0.655. The van der Waals surface area contributed by atoms with Crippen molar-refractivity contribution in [3.05, 3.63) is 0 Å². The van der Waals surface area contributed by atoms with Crippen LogP contribution >= 0.6 is 0 Å². The summed E-state index contributed by atoms with van der Waals surface area (Å²) in [5, 5.41) is 0.